The van der Waals surface area contributed by atoms with E-state index in [-0.39, 0.29) is 29.2 Å². The predicted octanol–water partition coefficient (Wildman–Crippen LogP) is 3.06. The minimum absolute atomic E-state index is 0.103. The Morgan fingerprint density at radius 2 is 1.92 bits per heavy atom. The zero-order valence-corrected chi connectivity index (χ0v) is 22.7. The van der Waals surface area contributed by atoms with Crippen molar-refractivity contribution in [3.8, 4) is 0 Å². The number of nitrogens with zero attached hydrogens (tertiary/aromatic N) is 2. The molecule has 0 aromatic carbocycles. The third kappa shape index (κ3) is 6.50. The van der Waals surface area contributed by atoms with E-state index in [1.807, 2.05) is 0 Å². The summed E-state index contributed by atoms with van der Waals surface area (Å²) in [5, 5.41) is 5.51. The molecule has 1 aliphatic heterocycles. The van der Waals surface area contributed by atoms with Gasteiger partial charge in [0, 0.05) is 12.2 Å². The molecule has 2 N–H and O–H groups in total. The summed E-state index contributed by atoms with van der Waals surface area (Å²) in [6, 6.07) is 5.54. The molecule has 11 heteroatoms. The fourth-order valence-corrected chi connectivity index (χ4v) is 7.01. The standard InChI is InChI=1S/C27H36N4O6S/c1-19-11-12-20(22(32)18-31(19)38(35,36)24-10-4-7-15-28-24)29-25(33)21(17-27(2)13-5-3-6-14-27)30-26(34)23-9-8-16-37-23/h4,7-10,15-16,19-21H,3,5-6,11-14,17-18H2,1-2H3,(H,29,33)(H,30,34)/t19-,20+,21?/m1/s1. The van der Waals surface area contributed by atoms with Crippen LogP contribution in [0.15, 0.2) is 52.2 Å². The molecule has 3 atom stereocenters. The largest absolute Gasteiger partial charge is 0.459 e. The molecule has 10 nitrogen and oxygen atoms in total. The van der Waals surface area contributed by atoms with Crippen molar-refractivity contribution in [1.29, 1.82) is 0 Å². The van der Waals surface area contributed by atoms with Crippen LogP contribution >= 0.6 is 0 Å². The van der Waals surface area contributed by atoms with Crippen LogP contribution in [-0.2, 0) is 19.6 Å². The number of hydrogen-bond donors (Lipinski definition) is 2. The molecule has 4 rings (SSSR count). The van der Waals surface area contributed by atoms with Gasteiger partial charge in [0.1, 0.15) is 6.04 Å². The van der Waals surface area contributed by atoms with Gasteiger partial charge >= 0.3 is 0 Å². The molecule has 206 valence electrons. The number of Topliss-reactive ketones (excluding diaryl/α,β-unsaturated/α-hetero) is 1. The smallest absolute Gasteiger partial charge is 0.287 e. The van der Waals surface area contributed by atoms with Gasteiger partial charge in [-0.2, -0.15) is 4.31 Å². The van der Waals surface area contributed by atoms with E-state index in [4.69, 9.17) is 4.42 Å². The van der Waals surface area contributed by atoms with E-state index in [9.17, 15) is 22.8 Å². The minimum atomic E-state index is -3.98. The maximum atomic E-state index is 13.5. The van der Waals surface area contributed by atoms with E-state index in [1.165, 1.54) is 24.6 Å². The number of furan rings is 1. The van der Waals surface area contributed by atoms with Crippen LogP contribution in [0, 0.1) is 5.41 Å². The minimum Gasteiger partial charge on any atom is -0.459 e. The van der Waals surface area contributed by atoms with Gasteiger partial charge in [0.15, 0.2) is 16.6 Å². The highest BCUT2D eigenvalue weighted by atomic mass is 32.2. The van der Waals surface area contributed by atoms with Crippen molar-refractivity contribution >= 4 is 27.6 Å². The van der Waals surface area contributed by atoms with E-state index in [0.717, 1.165) is 36.4 Å². The third-order valence-electron chi connectivity index (χ3n) is 7.72. The molecular formula is C27H36N4O6S. The van der Waals surface area contributed by atoms with Crippen molar-refractivity contribution in [1.82, 2.24) is 19.9 Å². The molecule has 0 bridgehead atoms. The monoisotopic (exact) mass is 544 g/mol. The number of pyridine rings is 1. The first-order chi connectivity index (χ1) is 18.1. The summed E-state index contributed by atoms with van der Waals surface area (Å²) in [6.45, 7) is 3.50. The lowest BCUT2D eigenvalue weighted by atomic mass is 9.71. The normalized spacial score (nSPS) is 23.3. The number of carbonyl (C=O) groups is 3. The van der Waals surface area contributed by atoms with Gasteiger partial charge in [0.2, 0.25) is 5.91 Å². The summed E-state index contributed by atoms with van der Waals surface area (Å²) in [5.41, 5.74) is -0.119. The Balaban J connectivity index is 1.49. The number of aromatic nitrogens is 1. The molecule has 2 aromatic rings. The van der Waals surface area contributed by atoms with Crippen LogP contribution in [0.2, 0.25) is 0 Å². The van der Waals surface area contributed by atoms with Crippen LogP contribution in [0.25, 0.3) is 0 Å². The molecule has 2 fully saturated rings. The number of ketones is 1. The van der Waals surface area contributed by atoms with Gasteiger partial charge in [-0.25, -0.2) is 13.4 Å². The molecule has 1 saturated carbocycles. The number of nitrogens with one attached hydrogen (secondary N) is 2. The number of carbonyl (C=O) groups excluding carboxylic acids is 3. The van der Waals surface area contributed by atoms with E-state index >= 15 is 0 Å². The molecule has 1 aliphatic carbocycles. The van der Waals surface area contributed by atoms with E-state index in [1.54, 1.807) is 25.1 Å². The van der Waals surface area contributed by atoms with E-state index in [2.05, 4.69) is 22.5 Å². The fraction of sp³-hybridized carbons (Fsp3) is 0.556. The average Bonchev–Trinajstić information content (AvgIpc) is 3.40. The number of amides is 2. The van der Waals surface area contributed by atoms with Crippen LogP contribution in [0.5, 0.6) is 0 Å². The fourth-order valence-electron chi connectivity index (χ4n) is 5.45. The zero-order chi connectivity index (χ0) is 27.3. The van der Waals surface area contributed by atoms with Crippen molar-refractivity contribution in [2.45, 2.75) is 88.4 Å². The van der Waals surface area contributed by atoms with Crippen LogP contribution in [-0.4, -0.2) is 60.0 Å². The Kier molecular flexibility index (Phi) is 8.67. The summed E-state index contributed by atoms with van der Waals surface area (Å²) in [4.78, 5) is 43.5. The van der Waals surface area contributed by atoms with Gasteiger partial charge in [-0.05, 0) is 68.7 Å². The zero-order valence-electron chi connectivity index (χ0n) is 21.9. The van der Waals surface area contributed by atoms with Gasteiger partial charge in [-0.15, -0.1) is 0 Å². The van der Waals surface area contributed by atoms with Crippen LogP contribution < -0.4 is 10.6 Å². The van der Waals surface area contributed by atoms with Gasteiger partial charge in [-0.1, -0.05) is 32.3 Å². The van der Waals surface area contributed by atoms with Crippen molar-refractivity contribution in [3.05, 3.63) is 48.6 Å². The molecule has 0 radical (unpaired) electrons. The lowest BCUT2D eigenvalue weighted by Gasteiger charge is -2.36. The number of sulfonamides is 1. The van der Waals surface area contributed by atoms with E-state index in [0.29, 0.717) is 12.8 Å². The van der Waals surface area contributed by atoms with Gasteiger partial charge < -0.3 is 15.1 Å². The number of hydrogen-bond acceptors (Lipinski definition) is 7. The van der Waals surface area contributed by atoms with Crippen LogP contribution in [0.1, 0.15) is 75.8 Å². The molecule has 1 unspecified atom stereocenters. The van der Waals surface area contributed by atoms with Gasteiger partial charge in [0.25, 0.3) is 15.9 Å². The summed E-state index contributed by atoms with van der Waals surface area (Å²) in [5.74, 6) is -1.25. The highest BCUT2D eigenvalue weighted by Gasteiger charge is 2.39. The first-order valence-electron chi connectivity index (χ1n) is 13.2. The molecule has 38 heavy (non-hydrogen) atoms. The summed E-state index contributed by atoms with van der Waals surface area (Å²) in [7, 11) is -3.98. The third-order valence-corrected chi connectivity index (χ3v) is 9.59. The molecule has 0 spiro atoms. The Morgan fingerprint density at radius 3 is 2.58 bits per heavy atom. The van der Waals surface area contributed by atoms with Crippen molar-refractivity contribution in [3.63, 3.8) is 0 Å². The maximum Gasteiger partial charge on any atom is 0.287 e. The Bertz CT molecular complexity index is 1230. The van der Waals surface area contributed by atoms with Crippen molar-refractivity contribution < 1.29 is 27.2 Å². The van der Waals surface area contributed by atoms with Crippen molar-refractivity contribution in [2.75, 3.05) is 6.54 Å². The molecular weight excluding hydrogens is 508 g/mol. The van der Waals surface area contributed by atoms with Gasteiger partial charge in [0.05, 0.1) is 18.8 Å². The number of rotatable bonds is 8. The Morgan fingerprint density at radius 1 is 1.16 bits per heavy atom. The first kappa shape index (κ1) is 28.0. The lowest BCUT2D eigenvalue weighted by molar-refractivity contribution is -0.129. The average molecular weight is 545 g/mol. The first-order valence-corrected chi connectivity index (χ1v) is 14.6. The second-order valence-corrected chi connectivity index (χ2v) is 12.6. The SMILES string of the molecule is C[C@@H]1CC[C@H](NC(=O)C(CC2(C)CCCCC2)NC(=O)c2ccco2)C(=O)CN1S(=O)(=O)c1ccccn1. The summed E-state index contributed by atoms with van der Waals surface area (Å²) >= 11 is 0. The molecule has 2 aromatic heterocycles. The quantitative estimate of drug-likeness (QED) is 0.521. The molecule has 2 aliphatic rings. The second kappa shape index (κ2) is 11.8. The molecule has 3 heterocycles. The Labute approximate surface area is 223 Å². The second-order valence-electron chi connectivity index (χ2n) is 10.8. The highest BCUT2D eigenvalue weighted by Crippen LogP contribution is 2.39. The Hall–Kier alpha value is -3.05. The van der Waals surface area contributed by atoms with Crippen LogP contribution in [0.4, 0.5) is 0 Å². The van der Waals surface area contributed by atoms with Crippen LogP contribution in [0.3, 0.4) is 0 Å². The lowest BCUT2D eigenvalue weighted by Crippen LogP contribution is -2.53. The molecule has 1 saturated heterocycles. The molecule has 2 amide bonds. The highest BCUT2D eigenvalue weighted by molar-refractivity contribution is 7.89. The van der Waals surface area contributed by atoms with E-state index < -0.39 is 45.7 Å². The van der Waals surface area contributed by atoms with Crippen molar-refractivity contribution in [2.24, 2.45) is 5.41 Å². The maximum absolute atomic E-state index is 13.5. The summed E-state index contributed by atoms with van der Waals surface area (Å²) < 4.78 is 32.7. The predicted molar refractivity (Wildman–Crippen MR) is 140 cm³/mol. The topological polar surface area (TPSA) is 139 Å². The van der Waals surface area contributed by atoms with Gasteiger partial charge in [-0.3, -0.25) is 14.4 Å². The summed E-state index contributed by atoms with van der Waals surface area (Å²) in [6.07, 6.45) is 9.07.